The fourth-order valence-corrected chi connectivity index (χ4v) is 2.24. The van der Waals surface area contributed by atoms with Gasteiger partial charge >= 0.3 is 0 Å². The van der Waals surface area contributed by atoms with E-state index in [1.807, 2.05) is 0 Å². The van der Waals surface area contributed by atoms with Gasteiger partial charge < -0.3 is 16.4 Å². The Morgan fingerprint density at radius 2 is 1.96 bits per heavy atom. The Balaban J connectivity index is 2.21. The molecule has 136 valence electrons. The molecule has 2 rings (SSSR count). The molecule has 2 aromatic rings. The number of carbonyl (C=O) groups excluding carboxylic acids is 2. The van der Waals surface area contributed by atoms with Gasteiger partial charge in [0.1, 0.15) is 16.7 Å². The van der Waals surface area contributed by atoms with Crippen molar-refractivity contribution in [3.05, 3.63) is 74.9 Å². The van der Waals surface area contributed by atoms with Gasteiger partial charge in [-0.1, -0.05) is 23.7 Å². The van der Waals surface area contributed by atoms with Crippen LogP contribution in [0.1, 0.15) is 10.4 Å². The van der Waals surface area contributed by atoms with Crippen LogP contribution in [0.3, 0.4) is 0 Å². The number of benzene rings is 2. The van der Waals surface area contributed by atoms with E-state index in [0.29, 0.717) is 5.69 Å². The van der Waals surface area contributed by atoms with Crippen molar-refractivity contribution < 1.29 is 14.5 Å². The molecule has 0 heterocycles. The van der Waals surface area contributed by atoms with Gasteiger partial charge in [0.25, 0.3) is 17.5 Å². The molecule has 9 nitrogen and oxygen atoms in total. The number of amides is 2. The van der Waals surface area contributed by atoms with Gasteiger partial charge in [0, 0.05) is 18.0 Å². The zero-order chi connectivity index (χ0) is 20.0. The van der Waals surface area contributed by atoms with E-state index in [2.05, 4.69) is 10.6 Å². The van der Waals surface area contributed by atoms with Gasteiger partial charge in [-0.05, 0) is 24.3 Å². The Morgan fingerprint density at radius 1 is 1.26 bits per heavy atom. The smallest absolute Gasteiger partial charge is 0.289 e. The van der Waals surface area contributed by atoms with E-state index in [4.69, 9.17) is 17.3 Å². The SMILES string of the molecule is N#C/C(=C/Nc1ccccc1C(N)=O)C(=O)Nc1ccc(Cl)c([N+](=O)[O-])c1. The molecule has 0 unspecified atom stereocenters. The van der Waals surface area contributed by atoms with Crippen molar-refractivity contribution in [1.82, 2.24) is 0 Å². The summed E-state index contributed by atoms with van der Waals surface area (Å²) >= 11 is 5.71. The summed E-state index contributed by atoms with van der Waals surface area (Å²) in [4.78, 5) is 33.8. The second-order valence-electron chi connectivity index (χ2n) is 5.10. The molecule has 0 spiro atoms. The van der Waals surface area contributed by atoms with E-state index in [-0.39, 0.29) is 27.5 Å². The number of nitrogens with zero attached hydrogens (tertiary/aromatic N) is 2. The van der Waals surface area contributed by atoms with Crippen LogP contribution in [0.25, 0.3) is 0 Å². The first-order chi connectivity index (χ1) is 12.8. The number of halogens is 1. The summed E-state index contributed by atoms with van der Waals surface area (Å²) in [6.45, 7) is 0. The van der Waals surface area contributed by atoms with Crippen molar-refractivity contribution in [2.24, 2.45) is 5.73 Å². The van der Waals surface area contributed by atoms with Gasteiger partial charge in [0.2, 0.25) is 0 Å². The fraction of sp³-hybridized carbons (Fsp3) is 0. The molecule has 27 heavy (non-hydrogen) atoms. The van der Waals surface area contributed by atoms with Crippen molar-refractivity contribution >= 4 is 40.5 Å². The van der Waals surface area contributed by atoms with Gasteiger partial charge in [-0.2, -0.15) is 5.26 Å². The number of rotatable bonds is 6. The van der Waals surface area contributed by atoms with E-state index in [1.165, 1.54) is 18.2 Å². The first-order valence-electron chi connectivity index (χ1n) is 7.34. The standard InChI is InChI=1S/C17H12ClN5O4/c18-13-6-5-11(7-15(13)23(26)27)22-17(25)10(8-19)9-21-14-4-2-1-3-12(14)16(20)24/h1-7,9,21H,(H2,20,24)(H,22,25)/b10-9-. The maximum atomic E-state index is 12.2. The van der Waals surface area contributed by atoms with Crippen LogP contribution in [0.4, 0.5) is 17.1 Å². The number of para-hydroxylation sites is 1. The summed E-state index contributed by atoms with van der Waals surface area (Å²) < 4.78 is 0. The average Bonchev–Trinajstić information content (AvgIpc) is 2.63. The maximum Gasteiger partial charge on any atom is 0.289 e. The molecule has 0 aromatic heterocycles. The third-order valence-corrected chi connectivity index (χ3v) is 3.65. The number of carbonyl (C=O) groups is 2. The topological polar surface area (TPSA) is 151 Å². The zero-order valence-electron chi connectivity index (χ0n) is 13.6. The number of hydrogen-bond donors (Lipinski definition) is 3. The molecule has 0 saturated carbocycles. The van der Waals surface area contributed by atoms with Crippen molar-refractivity contribution in [3.63, 3.8) is 0 Å². The molecule has 4 N–H and O–H groups in total. The van der Waals surface area contributed by atoms with Gasteiger partial charge in [0.15, 0.2) is 0 Å². The van der Waals surface area contributed by atoms with Crippen LogP contribution >= 0.6 is 11.6 Å². The lowest BCUT2D eigenvalue weighted by atomic mass is 10.1. The van der Waals surface area contributed by atoms with Crippen molar-refractivity contribution in [1.29, 1.82) is 5.26 Å². The number of primary amides is 1. The molecule has 0 bridgehead atoms. The number of nitrogens with one attached hydrogen (secondary N) is 2. The molecule has 0 aliphatic carbocycles. The molecular formula is C17H12ClN5O4. The molecule has 2 amide bonds. The van der Waals surface area contributed by atoms with Crippen LogP contribution in [-0.4, -0.2) is 16.7 Å². The molecule has 0 aliphatic heterocycles. The van der Waals surface area contributed by atoms with Crippen LogP contribution < -0.4 is 16.4 Å². The van der Waals surface area contributed by atoms with Crippen LogP contribution in [0, 0.1) is 21.4 Å². The van der Waals surface area contributed by atoms with E-state index >= 15 is 0 Å². The molecule has 0 radical (unpaired) electrons. The molecular weight excluding hydrogens is 374 g/mol. The summed E-state index contributed by atoms with van der Waals surface area (Å²) in [6.07, 6.45) is 1.10. The van der Waals surface area contributed by atoms with E-state index in [1.54, 1.807) is 24.3 Å². The number of anilines is 2. The largest absolute Gasteiger partial charge is 0.366 e. The molecule has 0 fully saturated rings. The summed E-state index contributed by atoms with van der Waals surface area (Å²) in [5, 5.41) is 25.0. The van der Waals surface area contributed by atoms with E-state index in [0.717, 1.165) is 12.3 Å². The Morgan fingerprint density at radius 3 is 2.59 bits per heavy atom. The minimum absolute atomic E-state index is 0.0845. The number of nitro groups is 1. The van der Waals surface area contributed by atoms with Crippen LogP contribution in [0.2, 0.25) is 5.02 Å². The minimum atomic E-state index is -0.807. The number of hydrogen-bond acceptors (Lipinski definition) is 6. The molecule has 0 saturated heterocycles. The molecule has 10 heteroatoms. The first kappa shape index (κ1) is 19.4. The van der Waals surface area contributed by atoms with Gasteiger partial charge in [-0.3, -0.25) is 19.7 Å². The Bertz CT molecular complexity index is 997. The highest BCUT2D eigenvalue weighted by Crippen LogP contribution is 2.27. The normalized spacial score (nSPS) is 10.6. The first-order valence-corrected chi connectivity index (χ1v) is 7.72. The number of nitriles is 1. The zero-order valence-corrected chi connectivity index (χ0v) is 14.4. The summed E-state index contributed by atoms with van der Waals surface area (Å²) in [5.41, 5.74) is 5.13. The Hall–Kier alpha value is -3.90. The third-order valence-electron chi connectivity index (χ3n) is 3.33. The lowest BCUT2D eigenvalue weighted by Crippen LogP contribution is -2.16. The lowest BCUT2D eigenvalue weighted by Gasteiger charge is -2.08. The predicted molar refractivity (Wildman–Crippen MR) is 99.0 cm³/mol. The van der Waals surface area contributed by atoms with E-state index < -0.39 is 16.7 Å². The highest BCUT2D eigenvalue weighted by atomic mass is 35.5. The summed E-state index contributed by atoms with van der Waals surface area (Å²) in [5.74, 6) is -1.49. The van der Waals surface area contributed by atoms with Gasteiger partial charge in [0.05, 0.1) is 16.2 Å². The highest BCUT2D eigenvalue weighted by Gasteiger charge is 2.16. The minimum Gasteiger partial charge on any atom is -0.366 e. The number of nitrogens with two attached hydrogens (primary N) is 1. The maximum absolute atomic E-state index is 12.2. The molecule has 0 aliphatic rings. The average molecular weight is 386 g/mol. The van der Waals surface area contributed by atoms with Crippen molar-refractivity contribution in [3.8, 4) is 6.07 Å². The summed E-state index contributed by atoms with van der Waals surface area (Å²) in [6, 6.07) is 11.7. The Kier molecular flexibility index (Phi) is 6.09. The number of nitro benzene ring substituents is 1. The Labute approximate surface area is 158 Å². The van der Waals surface area contributed by atoms with Crippen LogP contribution in [-0.2, 0) is 4.79 Å². The second kappa shape index (κ2) is 8.46. The van der Waals surface area contributed by atoms with Gasteiger partial charge in [-0.25, -0.2) is 0 Å². The summed E-state index contributed by atoms with van der Waals surface area (Å²) in [7, 11) is 0. The van der Waals surface area contributed by atoms with Crippen LogP contribution in [0.5, 0.6) is 0 Å². The van der Waals surface area contributed by atoms with E-state index in [9.17, 15) is 25.0 Å². The molecule has 2 aromatic carbocycles. The van der Waals surface area contributed by atoms with Gasteiger partial charge in [-0.15, -0.1) is 0 Å². The molecule has 0 atom stereocenters. The quantitative estimate of drug-likeness (QED) is 0.301. The van der Waals surface area contributed by atoms with Crippen molar-refractivity contribution in [2.75, 3.05) is 10.6 Å². The lowest BCUT2D eigenvalue weighted by molar-refractivity contribution is -0.384. The third kappa shape index (κ3) is 4.81. The fourth-order valence-electron chi connectivity index (χ4n) is 2.05. The second-order valence-corrected chi connectivity index (χ2v) is 5.51. The monoisotopic (exact) mass is 385 g/mol. The van der Waals surface area contributed by atoms with Crippen molar-refractivity contribution in [2.45, 2.75) is 0 Å². The van der Waals surface area contributed by atoms with Crippen LogP contribution in [0.15, 0.2) is 54.2 Å². The highest BCUT2D eigenvalue weighted by molar-refractivity contribution is 6.32. The predicted octanol–water partition coefficient (Wildman–Crippen LogP) is 2.81.